The summed E-state index contributed by atoms with van der Waals surface area (Å²) in [7, 11) is 0. The molecule has 0 saturated carbocycles. The molecular weight excluding hydrogens is 239 g/mol. The molecule has 0 spiro atoms. The number of hydrogen-bond donors (Lipinski definition) is 1. The summed E-state index contributed by atoms with van der Waals surface area (Å²) in [6.45, 7) is 1.86. The van der Waals surface area contributed by atoms with Crippen LogP contribution in [-0.2, 0) is 0 Å². The molecule has 0 unspecified atom stereocenters. The van der Waals surface area contributed by atoms with E-state index in [9.17, 15) is 4.39 Å². The highest BCUT2D eigenvalue weighted by Gasteiger charge is 2.11. The van der Waals surface area contributed by atoms with Gasteiger partial charge in [-0.15, -0.1) is 0 Å². The molecule has 1 atom stereocenters. The van der Waals surface area contributed by atoms with E-state index >= 15 is 0 Å². The minimum atomic E-state index is -0.237. The Balaban J connectivity index is 2.20. The van der Waals surface area contributed by atoms with E-state index in [4.69, 9.17) is 11.6 Å². The maximum Gasteiger partial charge on any atom is 0.145 e. The van der Waals surface area contributed by atoms with E-state index in [1.165, 1.54) is 6.07 Å². The first kappa shape index (κ1) is 11.9. The predicted octanol–water partition coefficient (Wildman–Crippen LogP) is 4.05. The molecule has 0 bridgehead atoms. The molecule has 2 nitrogen and oxygen atoms in total. The zero-order valence-corrected chi connectivity index (χ0v) is 10.1. The molecule has 4 heteroatoms. The van der Waals surface area contributed by atoms with E-state index in [1.807, 2.05) is 6.92 Å². The fourth-order valence-electron chi connectivity index (χ4n) is 1.60. The van der Waals surface area contributed by atoms with Crippen molar-refractivity contribution in [3.63, 3.8) is 0 Å². The zero-order chi connectivity index (χ0) is 12.3. The topological polar surface area (TPSA) is 24.9 Å². The van der Waals surface area contributed by atoms with E-state index in [-0.39, 0.29) is 11.9 Å². The monoisotopic (exact) mass is 250 g/mol. The van der Waals surface area contributed by atoms with E-state index < -0.39 is 0 Å². The van der Waals surface area contributed by atoms with Crippen molar-refractivity contribution in [3.8, 4) is 0 Å². The number of anilines is 1. The number of nitrogens with zero attached hydrogens (tertiary/aromatic N) is 1. The summed E-state index contributed by atoms with van der Waals surface area (Å²) < 4.78 is 13.5. The first-order chi connectivity index (χ1) is 8.18. The number of nitrogens with one attached hydrogen (secondary N) is 1. The summed E-state index contributed by atoms with van der Waals surface area (Å²) in [5, 5.41) is 3.61. The van der Waals surface area contributed by atoms with Gasteiger partial charge in [0, 0.05) is 11.8 Å². The van der Waals surface area contributed by atoms with Crippen LogP contribution in [0.2, 0.25) is 5.02 Å². The highest BCUT2D eigenvalue weighted by atomic mass is 35.5. The van der Waals surface area contributed by atoms with Gasteiger partial charge in [-0.3, -0.25) is 0 Å². The Morgan fingerprint density at radius 3 is 2.71 bits per heavy atom. The maximum absolute atomic E-state index is 13.5. The van der Waals surface area contributed by atoms with Crippen molar-refractivity contribution in [3.05, 3.63) is 59.0 Å². The second-order valence-electron chi connectivity index (χ2n) is 3.72. The Kier molecular flexibility index (Phi) is 3.59. The van der Waals surface area contributed by atoms with Gasteiger partial charge in [-0.1, -0.05) is 29.8 Å². The first-order valence-electron chi connectivity index (χ1n) is 5.30. The summed E-state index contributed by atoms with van der Waals surface area (Å²) in [5.74, 6) is 0.324. The number of pyridine rings is 1. The standard InChI is InChI=1S/C13H12ClFN2/c1-9(10-5-2-3-7-12(10)15)17-13-11(14)6-4-8-16-13/h2-9H,1H3,(H,16,17)/t9-/m0/s1. The predicted molar refractivity (Wildman–Crippen MR) is 67.7 cm³/mol. The fourth-order valence-corrected chi connectivity index (χ4v) is 1.78. The van der Waals surface area contributed by atoms with Crippen LogP contribution in [0, 0.1) is 5.82 Å². The number of hydrogen-bond acceptors (Lipinski definition) is 2. The van der Waals surface area contributed by atoms with Crippen LogP contribution >= 0.6 is 11.6 Å². The van der Waals surface area contributed by atoms with Gasteiger partial charge in [0.2, 0.25) is 0 Å². The largest absolute Gasteiger partial charge is 0.362 e. The van der Waals surface area contributed by atoms with Gasteiger partial charge in [0.1, 0.15) is 11.6 Å². The lowest BCUT2D eigenvalue weighted by molar-refractivity contribution is 0.600. The summed E-state index contributed by atoms with van der Waals surface area (Å²) in [5.41, 5.74) is 0.592. The Morgan fingerprint density at radius 2 is 2.00 bits per heavy atom. The van der Waals surface area contributed by atoms with Crippen molar-refractivity contribution >= 4 is 17.4 Å². The van der Waals surface area contributed by atoms with Gasteiger partial charge >= 0.3 is 0 Å². The maximum atomic E-state index is 13.5. The summed E-state index contributed by atoms with van der Waals surface area (Å²) >= 11 is 5.98. The molecule has 88 valence electrons. The molecule has 0 aliphatic heterocycles. The molecule has 0 fully saturated rings. The number of halogens is 2. The number of aromatic nitrogens is 1. The number of benzene rings is 1. The van der Waals surface area contributed by atoms with Crippen molar-refractivity contribution in [2.24, 2.45) is 0 Å². The summed E-state index contributed by atoms with van der Waals surface area (Å²) in [6.07, 6.45) is 1.64. The highest BCUT2D eigenvalue weighted by molar-refractivity contribution is 6.32. The quantitative estimate of drug-likeness (QED) is 0.889. The SMILES string of the molecule is C[C@H](Nc1ncccc1Cl)c1ccccc1F. The van der Waals surface area contributed by atoms with E-state index in [1.54, 1.807) is 36.5 Å². The molecular formula is C13H12ClFN2. The van der Waals surface area contributed by atoms with Gasteiger partial charge in [0.25, 0.3) is 0 Å². The zero-order valence-electron chi connectivity index (χ0n) is 9.32. The van der Waals surface area contributed by atoms with E-state index in [2.05, 4.69) is 10.3 Å². The second kappa shape index (κ2) is 5.15. The molecule has 2 aromatic rings. The van der Waals surface area contributed by atoms with E-state index in [0.717, 1.165) is 0 Å². The highest BCUT2D eigenvalue weighted by Crippen LogP contribution is 2.24. The average molecular weight is 251 g/mol. The Labute approximate surface area is 104 Å². The molecule has 1 heterocycles. The van der Waals surface area contributed by atoms with Crippen LogP contribution in [-0.4, -0.2) is 4.98 Å². The molecule has 1 aromatic heterocycles. The van der Waals surface area contributed by atoms with Gasteiger partial charge in [-0.25, -0.2) is 9.37 Å². The van der Waals surface area contributed by atoms with Crippen molar-refractivity contribution < 1.29 is 4.39 Å². The Hall–Kier alpha value is -1.61. The Morgan fingerprint density at radius 1 is 1.24 bits per heavy atom. The van der Waals surface area contributed by atoms with Crippen LogP contribution in [0.3, 0.4) is 0 Å². The van der Waals surface area contributed by atoms with Crippen LogP contribution in [0.15, 0.2) is 42.6 Å². The van der Waals surface area contributed by atoms with Crippen molar-refractivity contribution in [1.29, 1.82) is 0 Å². The van der Waals surface area contributed by atoms with Crippen molar-refractivity contribution in [2.45, 2.75) is 13.0 Å². The second-order valence-corrected chi connectivity index (χ2v) is 4.13. The molecule has 0 radical (unpaired) electrons. The third-order valence-electron chi connectivity index (χ3n) is 2.48. The van der Waals surface area contributed by atoms with Crippen LogP contribution in [0.25, 0.3) is 0 Å². The van der Waals surface area contributed by atoms with Crippen LogP contribution in [0.1, 0.15) is 18.5 Å². The molecule has 0 amide bonds. The van der Waals surface area contributed by atoms with Gasteiger partial charge in [-0.2, -0.15) is 0 Å². The van der Waals surface area contributed by atoms with Crippen molar-refractivity contribution in [1.82, 2.24) is 4.98 Å². The smallest absolute Gasteiger partial charge is 0.145 e. The van der Waals surface area contributed by atoms with Crippen molar-refractivity contribution in [2.75, 3.05) is 5.32 Å². The number of rotatable bonds is 3. The van der Waals surface area contributed by atoms with E-state index in [0.29, 0.717) is 16.4 Å². The molecule has 2 rings (SSSR count). The molecule has 1 N–H and O–H groups in total. The third kappa shape index (κ3) is 2.74. The first-order valence-corrected chi connectivity index (χ1v) is 5.68. The summed E-state index contributed by atoms with van der Waals surface area (Å²) in [6, 6.07) is 9.95. The van der Waals surface area contributed by atoms with Gasteiger partial charge in [0.05, 0.1) is 11.1 Å². The molecule has 0 saturated heterocycles. The van der Waals surface area contributed by atoms with Gasteiger partial charge in [-0.05, 0) is 25.1 Å². The molecule has 0 aliphatic carbocycles. The molecule has 17 heavy (non-hydrogen) atoms. The van der Waals surface area contributed by atoms with Crippen LogP contribution in [0.5, 0.6) is 0 Å². The molecule has 1 aromatic carbocycles. The molecule has 0 aliphatic rings. The fraction of sp³-hybridized carbons (Fsp3) is 0.154. The normalized spacial score (nSPS) is 12.2. The van der Waals surface area contributed by atoms with Gasteiger partial charge < -0.3 is 5.32 Å². The Bertz CT molecular complexity index is 516. The minimum Gasteiger partial charge on any atom is -0.362 e. The average Bonchev–Trinajstić information content (AvgIpc) is 2.32. The lowest BCUT2D eigenvalue weighted by Gasteiger charge is -2.16. The van der Waals surface area contributed by atoms with Gasteiger partial charge in [0.15, 0.2) is 0 Å². The lowest BCUT2D eigenvalue weighted by Crippen LogP contribution is -2.09. The lowest BCUT2D eigenvalue weighted by atomic mass is 10.1. The van der Waals surface area contributed by atoms with Crippen LogP contribution in [0.4, 0.5) is 10.2 Å². The third-order valence-corrected chi connectivity index (χ3v) is 2.79. The van der Waals surface area contributed by atoms with Crippen LogP contribution < -0.4 is 5.32 Å². The summed E-state index contributed by atoms with van der Waals surface area (Å²) in [4.78, 5) is 4.11. The minimum absolute atomic E-state index is 0.191.